The number of nitrogens with zero attached hydrogens (tertiary/aromatic N) is 1. The zero-order chi connectivity index (χ0) is 14.4. The first kappa shape index (κ1) is 15.0. The average molecular weight is 282 g/mol. The third kappa shape index (κ3) is 4.05. The van der Waals surface area contributed by atoms with Gasteiger partial charge in [0, 0.05) is 19.2 Å². The molecule has 0 spiro atoms. The Labute approximate surface area is 118 Å². The molecule has 0 radical (unpaired) electrons. The molecule has 112 valence electrons. The lowest BCUT2D eigenvalue weighted by Crippen LogP contribution is -2.44. The molecule has 1 fully saturated rings. The van der Waals surface area contributed by atoms with Gasteiger partial charge in [0.05, 0.1) is 23.8 Å². The summed E-state index contributed by atoms with van der Waals surface area (Å²) in [6.45, 7) is 3.29. The van der Waals surface area contributed by atoms with E-state index in [1.807, 2.05) is 6.92 Å². The fourth-order valence-corrected chi connectivity index (χ4v) is 2.58. The maximum absolute atomic E-state index is 11.6. The quantitative estimate of drug-likeness (QED) is 0.764. The molecule has 1 saturated carbocycles. The molecule has 0 aliphatic heterocycles. The van der Waals surface area contributed by atoms with Gasteiger partial charge in [0.25, 0.3) is 0 Å². The van der Waals surface area contributed by atoms with Gasteiger partial charge in [-0.2, -0.15) is 0 Å². The summed E-state index contributed by atoms with van der Waals surface area (Å²) in [4.78, 5) is 11.6. The Morgan fingerprint density at radius 3 is 2.95 bits per heavy atom. The number of hydrogen-bond donors (Lipinski definition) is 2. The molecule has 2 N–H and O–H groups in total. The van der Waals surface area contributed by atoms with Crippen LogP contribution in [0.3, 0.4) is 0 Å². The number of aliphatic hydroxyl groups is 1. The highest BCUT2D eigenvalue weighted by molar-refractivity contribution is 5.72. The minimum atomic E-state index is -0.743. The van der Waals surface area contributed by atoms with Gasteiger partial charge in [0.1, 0.15) is 6.26 Å². The molecule has 6 nitrogen and oxygen atoms in total. The van der Waals surface area contributed by atoms with E-state index in [0.29, 0.717) is 45.4 Å². The maximum atomic E-state index is 11.6. The molecule has 1 aromatic rings. The highest BCUT2D eigenvalue weighted by Gasteiger charge is 2.35. The van der Waals surface area contributed by atoms with E-state index in [1.165, 1.54) is 6.26 Å². The smallest absolute Gasteiger partial charge is 0.308 e. The SMILES string of the molecule is CCOC(=O)C1CCC(O)(CNCc2ccon2)CC1. The van der Waals surface area contributed by atoms with Crippen LogP contribution >= 0.6 is 0 Å². The summed E-state index contributed by atoms with van der Waals surface area (Å²) in [5.74, 6) is -0.198. The van der Waals surface area contributed by atoms with Crippen molar-refractivity contribution in [1.29, 1.82) is 0 Å². The summed E-state index contributed by atoms with van der Waals surface area (Å²) in [5.41, 5.74) is 0.0704. The third-order valence-corrected chi connectivity index (χ3v) is 3.79. The van der Waals surface area contributed by atoms with E-state index in [1.54, 1.807) is 6.07 Å². The van der Waals surface area contributed by atoms with E-state index in [0.717, 1.165) is 5.69 Å². The molecular formula is C14H22N2O4. The van der Waals surface area contributed by atoms with Crippen LogP contribution in [0.4, 0.5) is 0 Å². The largest absolute Gasteiger partial charge is 0.466 e. The van der Waals surface area contributed by atoms with E-state index in [4.69, 9.17) is 9.26 Å². The van der Waals surface area contributed by atoms with E-state index in [2.05, 4.69) is 10.5 Å². The molecule has 0 saturated heterocycles. The van der Waals surface area contributed by atoms with Gasteiger partial charge in [-0.25, -0.2) is 0 Å². The Morgan fingerprint density at radius 2 is 2.35 bits per heavy atom. The van der Waals surface area contributed by atoms with Crippen LogP contribution in [0, 0.1) is 5.92 Å². The van der Waals surface area contributed by atoms with Crippen molar-refractivity contribution in [2.24, 2.45) is 5.92 Å². The minimum Gasteiger partial charge on any atom is -0.466 e. The Bertz CT molecular complexity index is 411. The molecule has 1 aliphatic rings. The Kier molecular flexibility index (Phi) is 5.14. The number of carbonyl (C=O) groups is 1. The zero-order valence-electron chi connectivity index (χ0n) is 11.8. The summed E-state index contributed by atoms with van der Waals surface area (Å²) in [6.07, 6.45) is 4.11. The maximum Gasteiger partial charge on any atom is 0.308 e. The van der Waals surface area contributed by atoms with Crippen LogP contribution in [-0.2, 0) is 16.1 Å². The molecule has 1 aromatic heterocycles. The highest BCUT2D eigenvalue weighted by Crippen LogP contribution is 2.32. The molecule has 0 unspecified atom stereocenters. The fourth-order valence-electron chi connectivity index (χ4n) is 2.58. The Morgan fingerprint density at radius 1 is 1.60 bits per heavy atom. The standard InChI is InChI=1S/C14H22N2O4/c1-2-19-13(17)11-3-6-14(18,7-4-11)10-15-9-12-5-8-20-16-12/h5,8,11,15,18H,2-4,6-7,9-10H2,1H3. The number of hydrogen-bond acceptors (Lipinski definition) is 6. The first-order valence-electron chi connectivity index (χ1n) is 7.12. The van der Waals surface area contributed by atoms with Crippen LogP contribution in [-0.4, -0.2) is 35.0 Å². The Balaban J connectivity index is 1.72. The average Bonchev–Trinajstić information content (AvgIpc) is 2.93. The van der Waals surface area contributed by atoms with E-state index in [9.17, 15) is 9.90 Å². The molecule has 0 atom stereocenters. The van der Waals surface area contributed by atoms with E-state index < -0.39 is 5.60 Å². The molecule has 0 aromatic carbocycles. The van der Waals surface area contributed by atoms with Gasteiger partial charge in [0.15, 0.2) is 0 Å². The number of esters is 1. The predicted molar refractivity (Wildman–Crippen MR) is 71.8 cm³/mol. The van der Waals surface area contributed by atoms with Gasteiger partial charge in [-0.05, 0) is 32.6 Å². The summed E-state index contributed by atoms with van der Waals surface area (Å²) < 4.78 is 9.77. The lowest BCUT2D eigenvalue weighted by molar-refractivity contribution is -0.151. The molecule has 6 heteroatoms. The predicted octanol–water partition coefficient (Wildman–Crippen LogP) is 1.25. The third-order valence-electron chi connectivity index (χ3n) is 3.79. The molecule has 0 bridgehead atoms. The molecule has 0 amide bonds. The monoisotopic (exact) mass is 282 g/mol. The number of nitrogens with one attached hydrogen (secondary N) is 1. The van der Waals surface area contributed by atoms with Gasteiger partial charge in [-0.1, -0.05) is 5.16 Å². The first-order valence-corrected chi connectivity index (χ1v) is 7.12. The molecular weight excluding hydrogens is 260 g/mol. The summed E-state index contributed by atoms with van der Waals surface area (Å²) in [7, 11) is 0. The van der Waals surface area contributed by atoms with Crippen LogP contribution in [0.25, 0.3) is 0 Å². The molecule has 20 heavy (non-hydrogen) atoms. The van der Waals surface area contributed by atoms with Gasteiger partial charge in [-0.15, -0.1) is 0 Å². The van der Waals surface area contributed by atoms with Crippen LogP contribution < -0.4 is 5.32 Å². The zero-order valence-corrected chi connectivity index (χ0v) is 11.8. The number of ether oxygens (including phenoxy) is 1. The second-order valence-electron chi connectivity index (χ2n) is 5.35. The van der Waals surface area contributed by atoms with E-state index in [-0.39, 0.29) is 11.9 Å². The highest BCUT2D eigenvalue weighted by atomic mass is 16.5. The molecule has 1 aliphatic carbocycles. The van der Waals surface area contributed by atoms with Crippen molar-refractivity contribution < 1.29 is 19.2 Å². The second kappa shape index (κ2) is 6.85. The van der Waals surface area contributed by atoms with Crippen molar-refractivity contribution in [3.8, 4) is 0 Å². The minimum absolute atomic E-state index is 0.0641. The van der Waals surface area contributed by atoms with Crippen molar-refractivity contribution in [2.45, 2.75) is 44.8 Å². The van der Waals surface area contributed by atoms with Crippen molar-refractivity contribution in [2.75, 3.05) is 13.2 Å². The normalized spacial score (nSPS) is 26.4. The topological polar surface area (TPSA) is 84.6 Å². The molecule has 1 heterocycles. The van der Waals surface area contributed by atoms with Crippen LogP contribution in [0.1, 0.15) is 38.3 Å². The molecule has 2 rings (SSSR count). The van der Waals surface area contributed by atoms with Crippen molar-refractivity contribution in [3.63, 3.8) is 0 Å². The summed E-state index contributed by atoms with van der Waals surface area (Å²) >= 11 is 0. The summed E-state index contributed by atoms with van der Waals surface area (Å²) in [6, 6.07) is 1.79. The van der Waals surface area contributed by atoms with Crippen molar-refractivity contribution in [3.05, 3.63) is 18.0 Å². The van der Waals surface area contributed by atoms with Crippen molar-refractivity contribution in [1.82, 2.24) is 10.5 Å². The second-order valence-corrected chi connectivity index (χ2v) is 5.35. The van der Waals surface area contributed by atoms with Crippen LogP contribution in [0.2, 0.25) is 0 Å². The first-order chi connectivity index (χ1) is 9.63. The lowest BCUT2D eigenvalue weighted by atomic mass is 9.79. The number of rotatable bonds is 6. The van der Waals surface area contributed by atoms with Crippen LogP contribution in [0.15, 0.2) is 16.9 Å². The van der Waals surface area contributed by atoms with Gasteiger partial charge in [0.2, 0.25) is 0 Å². The van der Waals surface area contributed by atoms with Crippen LogP contribution in [0.5, 0.6) is 0 Å². The lowest BCUT2D eigenvalue weighted by Gasteiger charge is -2.35. The van der Waals surface area contributed by atoms with Gasteiger partial charge < -0.3 is 19.7 Å². The van der Waals surface area contributed by atoms with Gasteiger partial charge in [-0.3, -0.25) is 4.79 Å². The Hall–Kier alpha value is -1.40. The van der Waals surface area contributed by atoms with E-state index >= 15 is 0 Å². The summed E-state index contributed by atoms with van der Waals surface area (Å²) in [5, 5.41) is 17.4. The fraction of sp³-hybridized carbons (Fsp3) is 0.714. The van der Waals surface area contributed by atoms with Gasteiger partial charge >= 0.3 is 5.97 Å². The number of aromatic nitrogens is 1. The number of carbonyl (C=O) groups excluding carboxylic acids is 1. The van der Waals surface area contributed by atoms with Crippen molar-refractivity contribution >= 4 is 5.97 Å².